The number of hydrazone groups is 1. The van der Waals surface area contributed by atoms with Crippen LogP contribution in [0.5, 0.6) is 5.75 Å². The highest BCUT2D eigenvalue weighted by molar-refractivity contribution is 6.11. The number of hydrogen-bond donors (Lipinski definition) is 2. The van der Waals surface area contributed by atoms with E-state index in [1.807, 2.05) is 68.4 Å². The number of carbonyl (C=O) groups is 2. The van der Waals surface area contributed by atoms with Gasteiger partial charge in [-0.2, -0.15) is 5.10 Å². The molecule has 36 heavy (non-hydrogen) atoms. The van der Waals surface area contributed by atoms with Crippen molar-refractivity contribution in [3.63, 3.8) is 0 Å². The number of nitrogens with one attached hydrogen (secondary N) is 2. The minimum atomic E-state index is -0.357. The average molecular weight is 482 g/mol. The summed E-state index contributed by atoms with van der Waals surface area (Å²) in [6.45, 7) is 3.79. The van der Waals surface area contributed by atoms with Gasteiger partial charge in [0.25, 0.3) is 11.8 Å². The largest absolute Gasteiger partial charge is 0.495 e. The Morgan fingerprint density at radius 3 is 2.61 bits per heavy atom. The van der Waals surface area contributed by atoms with E-state index >= 15 is 0 Å². The van der Waals surface area contributed by atoms with Gasteiger partial charge in [0.1, 0.15) is 11.5 Å². The van der Waals surface area contributed by atoms with Gasteiger partial charge in [0, 0.05) is 23.1 Å². The lowest BCUT2D eigenvalue weighted by Crippen LogP contribution is -2.22. The van der Waals surface area contributed by atoms with Crippen LogP contribution >= 0.6 is 0 Å². The van der Waals surface area contributed by atoms with Crippen LogP contribution in [-0.2, 0) is 6.42 Å². The summed E-state index contributed by atoms with van der Waals surface area (Å²) in [5, 5.41) is 9.23. The monoisotopic (exact) mass is 481 g/mol. The van der Waals surface area contributed by atoms with Gasteiger partial charge in [-0.15, -0.1) is 0 Å². The van der Waals surface area contributed by atoms with Gasteiger partial charge in [-0.3, -0.25) is 9.59 Å². The normalized spacial score (nSPS) is 13.9. The lowest BCUT2D eigenvalue weighted by molar-refractivity contribution is 0.0955. The Bertz CT molecular complexity index is 1510. The minimum Gasteiger partial charge on any atom is -0.495 e. The van der Waals surface area contributed by atoms with Crippen molar-refractivity contribution in [2.45, 2.75) is 33.1 Å². The van der Waals surface area contributed by atoms with E-state index in [9.17, 15) is 9.59 Å². The van der Waals surface area contributed by atoms with Crippen LogP contribution in [0, 0.1) is 13.8 Å². The van der Waals surface area contributed by atoms with Crippen molar-refractivity contribution in [2.75, 3.05) is 12.4 Å². The summed E-state index contributed by atoms with van der Waals surface area (Å²) >= 11 is 0. The van der Waals surface area contributed by atoms with Crippen molar-refractivity contribution in [2.24, 2.45) is 5.10 Å². The van der Waals surface area contributed by atoms with Crippen LogP contribution in [0.4, 0.5) is 5.69 Å². The zero-order valence-electron chi connectivity index (χ0n) is 20.5. The number of furan rings is 1. The highest BCUT2D eigenvalue weighted by atomic mass is 16.5. The number of carbonyl (C=O) groups excluding carboxylic acids is 2. The summed E-state index contributed by atoms with van der Waals surface area (Å²) in [5.74, 6) is 0.875. The lowest BCUT2D eigenvalue weighted by Gasteiger charge is -2.14. The van der Waals surface area contributed by atoms with Gasteiger partial charge in [0.15, 0.2) is 5.76 Å². The molecule has 0 unspecified atom stereocenters. The Hall–Kier alpha value is -4.39. The fraction of sp³-hybridized carbons (Fsp3) is 0.207. The number of benzene rings is 3. The summed E-state index contributed by atoms with van der Waals surface area (Å²) in [4.78, 5) is 26.1. The number of ether oxygens (including phenoxy) is 1. The number of rotatable bonds is 5. The van der Waals surface area contributed by atoms with Crippen LogP contribution in [0.3, 0.4) is 0 Å². The van der Waals surface area contributed by atoms with E-state index < -0.39 is 0 Å². The van der Waals surface area contributed by atoms with Gasteiger partial charge < -0.3 is 14.5 Å². The molecule has 2 N–H and O–H groups in total. The van der Waals surface area contributed by atoms with Crippen LogP contribution in [0.2, 0.25) is 0 Å². The number of aryl methyl sites for hydroxylation is 2. The molecule has 0 atom stereocenters. The topological polar surface area (TPSA) is 92.9 Å². The van der Waals surface area contributed by atoms with Crippen LogP contribution in [-0.4, -0.2) is 24.6 Å². The molecule has 0 saturated heterocycles. The predicted octanol–water partition coefficient (Wildman–Crippen LogP) is 5.78. The molecule has 0 fully saturated rings. The highest BCUT2D eigenvalue weighted by Gasteiger charge is 2.28. The SMILES string of the molecule is COc1ccc(C)cc1NC(=O)c1oc2c(c1C)/C(=N/NC(=O)c1cccc3ccccc13)CCC2. The maximum absolute atomic E-state index is 13.1. The molecule has 3 aromatic carbocycles. The fourth-order valence-corrected chi connectivity index (χ4v) is 4.70. The zero-order valence-corrected chi connectivity index (χ0v) is 20.5. The Morgan fingerprint density at radius 2 is 1.78 bits per heavy atom. The molecule has 1 aromatic heterocycles. The molecule has 0 bridgehead atoms. The van der Waals surface area contributed by atoms with Crippen LogP contribution in [0.1, 0.15) is 56.2 Å². The Balaban J connectivity index is 1.41. The van der Waals surface area contributed by atoms with E-state index in [1.54, 1.807) is 13.2 Å². The molecule has 4 aromatic rings. The van der Waals surface area contributed by atoms with Crippen molar-refractivity contribution < 1.29 is 18.7 Å². The minimum absolute atomic E-state index is 0.235. The van der Waals surface area contributed by atoms with Gasteiger partial charge >= 0.3 is 0 Å². The molecule has 0 spiro atoms. The van der Waals surface area contributed by atoms with Crippen molar-refractivity contribution >= 4 is 34.0 Å². The summed E-state index contributed by atoms with van der Waals surface area (Å²) < 4.78 is 11.4. The van der Waals surface area contributed by atoms with Crippen molar-refractivity contribution in [3.05, 3.63) is 94.4 Å². The van der Waals surface area contributed by atoms with Gasteiger partial charge in [-0.05, 0) is 61.2 Å². The van der Waals surface area contributed by atoms with Gasteiger partial charge in [0.2, 0.25) is 0 Å². The molecule has 7 nitrogen and oxygen atoms in total. The van der Waals surface area contributed by atoms with Crippen LogP contribution < -0.4 is 15.5 Å². The first-order valence-corrected chi connectivity index (χ1v) is 11.9. The van der Waals surface area contributed by atoms with E-state index in [2.05, 4.69) is 15.8 Å². The van der Waals surface area contributed by atoms with Crippen molar-refractivity contribution in [1.82, 2.24) is 5.43 Å². The molecule has 7 heteroatoms. The number of anilines is 1. The number of fused-ring (bicyclic) bond motifs is 2. The first-order valence-electron chi connectivity index (χ1n) is 11.9. The van der Waals surface area contributed by atoms with E-state index in [0.717, 1.165) is 28.3 Å². The quantitative estimate of drug-likeness (QED) is 0.353. The molecule has 1 aliphatic carbocycles. The summed E-state index contributed by atoms with van der Waals surface area (Å²) in [6.07, 6.45) is 2.19. The predicted molar refractivity (Wildman–Crippen MR) is 140 cm³/mol. The molecule has 1 aliphatic rings. The average Bonchev–Trinajstić information content (AvgIpc) is 3.24. The molecule has 0 radical (unpaired) electrons. The maximum Gasteiger partial charge on any atom is 0.291 e. The summed E-state index contributed by atoms with van der Waals surface area (Å²) in [5.41, 5.74) is 7.05. The van der Waals surface area contributed by atoms with Crippen LogP contribution in [0.15, 0.2) is 70.2 Å². The Morgan fingerprint density at radius 1 is 0.972 bits per heavy atom. The molecule has 5 rings (SSSR count). The van der Waals surface area contributed by atoms with Gasteiger partial charge in [-0.1, -0.05) is 42.5 Å². The smallest absolute Gasteiger partial charge is 0.291 e. The fourth-order valence-electron chi connectivity index (χ4n) is 4.70. The standard InChI is InChI=1S/C29H27N3O4/c1-17-14-15-24(35-3)23(16-17)30-29(34)27-18(2)26-22(12-7-13-25(26)36-27)31-32-28(33)21-11-6-9-19-8-4-5-10-20(19)21/h4-6,8-11,14-16H,7,12-13H2,1-3H3,(H,30,34)(H,32,33)/b31-22+. The zero-order chi connectivity index (χ0) is 25.2. The second kappa shape index (κ2) is 9.70. The Kier molecular flexibility index (Phi) is 6.29. The number of nitrogens with zero attached hydrogens (tertiary/aromatic N) is 1. The van der Waals surface area contributed by atoms with Gasteiger partial charge in [-0.25, -0.2) is 5.43 Å². The van der Waals surface area contributed by atoms with E-state index in [1.165, 1.54) is 0 Å². The Labute approximate surface area is 209 Å². The molecule has 0 aliphatic heterocycles. The number of hydrogen-bond acceptors (Lipinski definition) is 5. The lowest BCUT2D eigenvalue weighted by atomic mass is 9.93. The third-order valence-corrected chi connectivity index (χ3v) is 6.46. The molecular weight excluding hydrogens is 454 g/mol. The second-order valence-corrected chi connectivity index (χ2v) is 8.89. The van der Waals surface area contributed by atoms with E-state index in [4.69, 9.17) is 9.15 Å². The first kappa shape index (κ1) is 23.4. The number of methoxy groups -OCH3 is 1. The molecule has 182 valence electrons. The van der Waals surface area contributed by atoms with E-state index in [-0.39, 0.29) is 17.6 Å². The van der Waals surface area contributed by atoms with Crippen molar-refractivity contribution in [3.8, 4) is 5.75 Å². The van der Waals surface area contributed by atoms with Gasteiger partial charge in [0.05, 0.1) is 18.5 Å². The molecule has 2 amide bonds. The number of amides is 2. The second-order valence-electron chi connectivity index (χ2n) is 8.89. The third kappa shape index (κ3) is 4.35. The highest BCUT2D eigenvalue weighted by Crippen LogP contribution is 2.32. The molecular formula is C29H27N3O4. The molecule has 1 heterocycles. The van der Waals surface area contributed by atoms with E-state index in [0.29, 0.717) is 46.9 Å². The summed E-state index contributed by atoms with van der Waals surface area (Å²) in [6, 6.07) is 18.9. The maximum atomic E-state index is 13.1. The van der Waals surface area contributed by atoms with Crippen LogP contribution in [0.25, 0.3) is 10.8 Å². The van der Waals surface area contributed by atoms with Crippen molar-refractivity contribution in [1.29, 1.82) is 0 Å². The third-order valence-electron chi connectivity index (χ3n) is 6.46. The molecule has 0 saturated carbocycles. The first-order chi connectivity index (χ1) is 17.5. The summed E-state index contributed by atoms with van der Waals surface area (Å²) in [7, 11) is 1.56.